The Labute approximate surface area is 128 Å². The Morgan fingerprint density at radius 1 is 1.00 bits per heavy atom. The summed E-state index contributed by atoms with van der Waals surface area (Å²) in [4.78, 5) is 2.14. The minimum Gasteiger partial charge on any atom is -0.377 e. The fourth-order valence-electron chi connectivity index (χ4n) is 2.56. The van der Waals surface area contributed by atoms with Crippen LogP contribution in [0, 0.1) is 0 Å². The normalized spacial score (nSPS) is 12.0. The molecule has 0 saturated carbocycles. The molecule has 0 aromatic heterocycles. The van der Waals surface area contributed by atoms with Crippen LogP contribution in [0.25, 0.3) is 0 Å². The van der Waals surface area contributed by atoms with E-state index in [1.807, 2.05) is 0 Å². The zero-order chi connectivity index (χ0) is 15.2. The highest BCUT2D eigenvalue weighted by molar-refractivity contribution is 5.69. The van der Waals surface area contributed by atoms with Crippen molar-refractivity contribution in [2.24, 2.45) is 0 Å². The van der Waals surface area contributed by atoms with Gasteiger partial charge in [-0.1, -0.05) is 49.7 Å². The third-order valence-electron chi connectivity index (χ3n) is 3.78. The maximum atomic E-state index is 3.62. The number of rotatable bonds is 6. The molecular weight excluding hydrogens is 256 g/mol. The van der Waals surface area contributed by atoms with Gasteiger partial charge in [0, 0.05) is 20.1 Å². The average Bonchev–Trinajstić information content (AvgIpc) is 2.48. The van der Waals surface area contributed by atoms with Crippen LogP contribution in [0.5, 0.6) is 0 Å². The van der Waals surface area contributed by atoms with E-state index in [1.165, 1.54) is 28.9 Å². The van der Waals surface area contributed by atoms with Gasteiger partial charge in [0.15, 0.2) is 0 Å². The van der Waals surface area contributed by atoms with Crippen LogP contribution in [0.3, 0.4) is 0 Å². The van der Waals surface area contributed by atoms with Crippen LogP contribution in [-0.2, 0) is 6.42 Å². The zero-order valence-electron chi connectivity index (χ0n) is 13.6. The number of nitrogens with one attached hydrogen (secondary N) is 1. The average molecular weight is 282 g/mol. The highest BCUT2D eigenvalue weighted by Gasteiger charge is 2.09. The Bertz CT molecular complexity index is 558. The van der Waals surface area contributed by atoms with Crippen molar-refractivity contribution >= 4 is 11.4 Å². The molecule has 2 nitrogen and oxygen atoms in total. The van der Waals surface area contributed by atoms with E-state index in [-0.39, 0.29) is 0 Å². The molecule has 21 heavy (non-hydrogen) atoms. The summed E-state index contributed by atoms with van der Waals surface area (Å²) < 4.78 is 0. The molecule has 1 atom stereocenters. The molecule has 0 aliphatic rings. The molecule has 0 heterocycles. The van der Waals surface area contributed by atoms with Crippen LogP contribution in [0.1, 0.15) is 37.4 Å². The van der Waals surface area contributed by atoms with Gasteiger partial charge in [-0.15, -0.1) is 0 Å². The summed E-state index contributed by atoms with van der Waals surface area (Å²) in [6.45, 7) is 4.43. The molecule has 0 bridgehead atoms. The first kappa shape index (κ1) is 15.4. The summed E-state index contributed by atoms with van der Waals surface area (Å²) in [5.74, 6) is 0. The van der Waals surface area contributed by atoms with E-state index >= 15 is 0 Å². The van der Waals surface area contributed by atoms with Gasteiger partial charge in [0.1, 0.15) is 0 Å². The van der Waals surface area contributed by atoms with Crippen molar-refractivity contribution in [2.75, 3.05) is 24.3 Å². The van der Waals surface area contributed by atoms with Gasteiger partial charge in [0.25, 0.3) is 0 Å². The molecule has 2 aromatic carbocycles. The number of hydrogen-bond donors (Lipinski definition) is 1. The topological polar surface area (TPSA) is 15.3 Å². The molecule has 2 aromatic rings. The summed E-state index contributed by atoms with van der Waals surface area (Å²) in [5, 5.41) is 3.62. The van der Waals surface area contributed by atoms with Crippen LogP contribution in [0.2, 0.25) is 0 Å². The molecule has 0 aliphatic heterocycles. The molecule has 2 heteroatoms. The predicted molar refractivity (Wildman–Crippen MR) is 93.2 cm³/mol. The van der Waals surface area contributed by atoms with E-state index in [0.717, 1.165) is 6.42 Å². The molecule has 0 saturated heterocycles. The number of aryl methyl sites for hydroxylation is 1. The number of para-hydroxylation sites is 2. The second-order valence-corrected chi connectivity index (χ2v) is 5.77. The van der Waals surface area contributed by atoms with Crippen LogP contribution in [0.15, 0.2) is 48.5 Å². The highest BCUT2D eigenvalue weighted by atomic mass is 15.1. The van der Waals surface area contributed by atoms with E-state index in [9.17, 15) is 0 Å². The van der Waals surface area contributed by atoms with Gasteiger partial charge in [-0.05, 0) is 36.6 Å². The van der Waals surface area contributed by atoms with E-state index in [0.29, 0.717) is 6.04 Å². The molecular formula is C19H26N2. The Morgan fingerprint density at radius 3 is 2.29 bits per heavy atom. The van der Waals surface area contributed by atoms with Crippen molar-refractivity contribution in [3.05, 3.63) is 59.7 Å². The first-order chi connectivity index (χ1) is 10.1. The van der Waals surface area contributed by atoms with Crippen molar-refractivity contribution in [3.8, 4) is 0 Å². The molecule has 0 aliphatic carbocycles. The second-order valence-electron chi connectivity index (χ2n) is 5.77. The summed E-state index contributed by atoms with van der Waals surface area (Å²) in [6, 6.07) is 17.7. The Hall–Kier alpha value is -1.96. The quantitative estimate of drug-likeness (QED) is 0.812. The Morgan fingerprint density at radius 2 is 1.67 bits per heavy atom. The SMILES string of the molecule is CCCc1ccc(C(C)Nc2ccccc2N(C)C)cc1. The summed E-state index contributed by atoms with van der Waals surface area (Å²) >= 11 is 0. The fraction of sp³-hybridized carbons (Fsp3) is 0.368. The molecule has 1 unspecified atom stereocenters. The lowest BCUT2D eigenvalue weighted by Crippen LogP contribution is -2.14. The largest absolute Gasteiger partial charge is 0.377 e. The lowest BCUT2D eigenvalue weighted by atomic mass is 10.0. The number of hydrogen-bond acceptors (Lipinski definition) is 2. The lowest BCUT2D eigenvalue weighted by Gasteiger charge is -2.22. The second kappa shape index (κ2) is 7.16. The molecule has 0 amide bonds. The predicted octanol–water partition coefficient (Wildman–Crippen LogP) is 4.88. The van der Waals surface area contributed by atoms with E-state index in [2.05, 4.69) is 86.7 Å². The maximum Gasteiger partial charge on any atom is 0.0596 e. The summed E-state index contributed by atoms with van der Waals surface area (Å²) in [7, 11) is 4.15. The van der Waals surface area contributed by atoms with Gasteiger partial charge in [0.2, 0.25) is 0 Å². The number of benzene rings is 2. The van der Waals surface area contributed by atoms with Gasteiger partial charge in [-0.25, -0.2) is 0 Å². The van der Waals surface area contributed by atoms with Crippen molar-refractivity contribution in [2.45, 2.75) is 32.7 Å². The summed E-state index contributed by atoms with van der Waals surface area (Å²) in [5.41, 5.74) is 5.13. The Kier molecular flexibility index (Phi) is 5.26. The molecule has 1 N–H and O–H groups in total. The third kappa shape index (κ3) is 4.01. The van der Waals surface area contributed by atoms with Crippen molar-refractivity contribution in [1.82, 2.24) is 0 Å². The minimum atomic E-state index is 0.293. The summed E-state index contributed by atoms with van der Waals surface area (Å²) in [6.07, 6.45) is 2.36. The van der Waals surface area contributed by atoms with E-state index in [1.54, 1.807) is 0 Å². The van der Waals surface area contributed by atoms with Crippen LogP contribution in [-0.4, -0.2) is 14.1 Å². The lowest BCUT2D eigenvalue weighted by molar-refractivity contribution is 0.875. The minimum absolute atomic E-state index is 0.293. The van der Waals surface area contributed by atoms with Crippen molar-refractivity contribution in [3.63, 3.8) is 0 Å². The number of nitrogens with zero attached hydrogens (tertiary/aromatic N) is 1. The van der Waals surface area contributed by atoms with Gasteiger partial charge >= 0.3 is 0 Å². The fourth-order valence-corrected chi connectivity index (χ4v) is 2.56. The van der Waals surface area contributed by atoms with Crippen molar-refractivity contribution < 1.29 is 0 Å². The first-order valence-electron chi connectivity index (χ1n) is 7.73. The van der Waals surface area contributed by atoms with Gasteiger partial charge in [-0.2, -0.15) is 0 Å². The van der Waals surface area contributed by atoms with Gasteiger partial charge in [0.05, 0.1) is 11.4 Å². The van der Waals surface area contributed by atoms with E-state index in [4.69, 9.17) is 0 Å². The highest BCUT2D eigenvalue weighted by Crippen LogP contribution is 2.27. The molecule has 0 fully saturated rings. The first-order valence-corrected chi connectivity index (χ1v) is 7.73. The molecule has 0 spiro atoms. The maximum absolute atomic E-state index is 3.62. The van der Waals surface area contributed by atoms with Crippen LogP contribution in [0.4, 0.5) is 11.4 Å². The molecule has 0 radical (unpaired) electrons. The smallest absolute Gasteiger partial charge is 0.0596 e. The molecule has 112 valence electrons. The zero-order valence-corrected chi connectivity index (χ0v) is 13.6. The van der Waals surface area contributed by atoms with Crippen LogP contribution >= 0.6 is 0 Å². The Balaban J connectivity index is 2.12. The number of anilines is 2. The van der Waals surface area contributed by atoms with Gasteiger partial charge in [-0.3, -0.25) is 0 Å². The van der Waals surface area contributed by atoms with E-state index < -0.39 is 0 Å². The van der Waals surface area contributed by atoms with Crippen LogP contribution < -0.4 is 10.2 Å². The van der Waals surface area contributed by atoms with Gasteiger partial charge < -0.3 is 10.2 Å². The van der Waals surface area contributed by atoms with Crippen molar-refractivity contribution in [1.29, 1.82) is 0 Å². The third-order valence-corrected chi connectivity index (χ3v) is 3.78. The molecule has 2 rings (SSSR count). The monoisotopic (exact) mass is 282 g/mol. The standard InChI is InChI=1S/C19H26N2/c1-5-8-16-11-13-17(14-12-16)15(2)20-18-9-6-7-10-19(18)21(3)4/h6-7,9-15,20H,5,8H2,1-4H3.